The summed E-state index contributed by atoms with van der Waals surface area (Å²) in [6, 6.07) is 19.8. The first kappa shape index (κ1) is 22.5. The van der Waals surface area contributed by atoms with Crippen LogP contribution in [0.2, 0.25) is 10.0 Å². The Labute approximate surface area is 190 Å². The number of amides is 1. The third-order valence-corrected chi connectivity index (χ3v) is 4.76. The van der Waals surface area contributed by atoms with Gasteiger partial charge in [-0.05, 0) is 30.3 Å². The quantitative estimate of drug-likeness (QED) is 0.336. The summed E-state index contributed by atoms with van der Waals surface area (Å²) in [5.74, 6) is 0.509. The van der Waals surface area contributed by atoms with Gasteiger partial charge in [0.05, 0.1) is 18.3 Å². The van der Waals surface area contributed by atoms with Crippen LogP contribution in [0.1, 0.15) is 11.1 Å². The molecule has 31 heavy (non-hydrogen) atoms. The molecule has 0 saturated carbocycles. The minimum atomic E-state index is -0.317. The van der Waals surface area contributed by atoms with E-state index < -0.39 is 0 Å². The van der Waals surface area contributed by atoms with E-state index in [0.29, 0.717) is 32.8 Å². The Kier molecular flexibility index (Phi) is 8.15. The van der Waals surface area contributed by atoms with Crippen molar-refractivity contribution in [1.29, 1.82) is 0 Å². The highest BCUT2D eigenvalue weighted by Gasteiger charge is 2.13. The van der Waals surface area contributed by atoms with E-state index in [9.17, 15) is 4.79 Å². The zero-order valence-electron chi connectivity index (χ0n) is 16.7. The molecule has 1 amide bonds. The lowest BCUT2D eigenvalue weighted by Crippen LogP contribution is -2.16. The Morgan fingerprint density at radius 2 is 1.77 bits per heavy atom. The highest BCUT2D eigenvalue weighted by molar-refractivity contribution is 6.32. The summed E-state index contributed by atoms with van der Waals surface area (Å²) in [5.41, 5.74) is 2.13. The number of nitrogens with one attached hydrogen (secondary N) is 1. The maximum atomic E-state index is 11.9. The number of oxime groups is 1. The van der Waals surface area contributed by atoms with Crippen LogP contribution >= 0.6 is 23.2 Å². The average Bonchev–Trinajstić information content (AvgIpc) is 2.77. The molecule has 0 aromatic heterocycles. The van der Waals surface area contributed by atoms with E-state index in [2.05, 4.69) is 10.5 Å². The molecule has 0 fully saturated rings. The van der Waals surface area contributed by atoms with E-state index >= 15 is 0 Å². The number of hydrogen-bond acceptors (Lipinski definition) is 5. The summed E-state index contributed by atoms with van der Waals surface area (Å²) < 4.78 is 11.2. The second-order valence-corrected chi connectivity index (χ2v) is 7.15. The van der Waals surface area contributed by atoms with E-state index in [1.807, 2.05) is 36.4 Å². The molecule has 0 aliphatic heterocycles. The van der Waals surface area contributed by atoms with Crippen LogP contribution in [0.5, 0.6) is 11.5 Å². The first-order chi connectivity index (χ1) is 15.1. The van der Waals surface area contributed by atoms with E-state index in [0.717, 1.165) is 5.56 Å². The second kappa shape index (κ2) is 11.2. The van der Waals surface area contributed by atoms with E-state index in [4.69, 9.17) is 37.5 Å². The lowest BCUT2D eigenvalue weighted by atomic mass is 10.2. The van der Waals surface area contributed by atoms with Crippen LogP contribution < -0.4 is 14.8 Å². The fourth-order valence-corrected chi connectivity index (χ4v) is 3.10. The third-order valence-electron chi connectivity index (χ3n) is 4.11. The average molecular weight is 459 g/mol. The molecule has 3 rings (SSSR count). The molecule has 1 N–H and O–H groups in total. The van der Waals surface area contributed by atoms with Crippen LogP contribution in [0, 0.1) is 0 Å². The molecule has 8 heteroatoms. The van der Waals surface area contributed by atoms with Crippen molar-refractivity contribution in [2.24, 2.45) is 5.16 Å². The molecule has 0 unspecified atom stereocenters. The van der Waals surface area contributed by atoms with Gasteiger partial charge in [-0.2, -0.15) is 0 Å². The summed E-state index contributed by atoms with van der Waals surface area (Å²) in [6.07, 6.45) is 1.43. The van der Waals surface area contributed by atoms with Crippen LogP contribution in [0.25, 0.3) is 0 Å². The van der Waals surface area contributed by atoms with Gasteiger partial charge in [0, 0.05) is 21.8 Å². The number of halogens is 2. The van der Waals surface area contributed by atoms with Crippen molar-refractivity contribution < 1.29 is 19.1 Å². The van der Waals surface area contributed by atoms with Crippen molar-refractivity contribution in [2.75, 3.05) is 19.0 Å². The van der Waals surface area contributed by atoms with Crippen molar-refractivity contribution in [3.8, 4) is 11.5 Å². The number of methoxy groups -OCH3 is 1. The molecule has 0 heterocycles. The van der Waals surface area contributed by atoms with Crippen molar-refractivity contribution in [3.05, 3.63) is 87.9 Å². The normalized spacial score (nSPS) is 10.7. The number of para-hydroxylation sites is 1. The van der Waals surface area contributed by atoms with Crippen molar-refractivity contribution in [3.63, 3.8) is 0 Å². The number of benzene rings is 3. The van der Waals surface area contributed by atoms with Gasteiger partial charge in [-0.15, -0.1) is 0 Å². The van der Waals surface area contributed by atoms with Gasteiger partial charge in [0.1, 0.15) is 6.61 Å². The Morgan fingerprint density at radius 1 is 1.03 bits per heavy atom. The largest absolute Gasteiger partial charge is 0.493 e. The van der Waals surface area contributed by atoms with E-state index in [1.165, 1.54) is 13.3 Å². The maximum Gasteiger partial charge on any atom is 0.265 e. The van der Waals surface area contributed by atoms with E-state index in [1.54, 1.807) is 30.3 Å². The lowest BCUT2D eigenvalue weighted by molar-refractivity contribution is -0.120. The molecule has 6 nitrogen and oxygen atoms in total. The maximum absolute atomic E-state index is 11.9. The van der Waals surface area contributed by atoms with Crippen LogP contribution in [0.3, 0.4) is 0 Å². The highest BCUT2D eigenvalue weighted by Crippen LogP contribution is 2.37. The van der Waals surface area contributed by atoms with Gasteiger partial charge in [0.25, 0.3) is 5.91 Å². The number of carbonyl (C=O) groups is 1. The third kappa shape index (κ3) is 6.64. The van der Waals surface area contributed by atoms with Crippen molar-refractivity contribution in [1.82, 2.24) is 0 Å². The standard InChI is InChI=1S/C23H20Cl2N2O4/c1-29-21-12-16(13-26-31-15-22(28)27-18-8-3-2-4-9-18)11-20(25)23(21)30-14-17-7-5-6-10-19(17)24/h2-13H,14-15H2,1H3,(H,27,28)/b26-13+. The monoisotopic (exact) mass is 458 g/mol. The molecule has 160 valence electrons. The Morgan fingerprint density at radius 3 is 2.52 bits per heavy atom. The Hall–Kier alpha value is -3.22. The fraction of sp³-hybridized carbons (Fsp3) is 0.130. The molecule has 0 radical (unpaired) electrons. The number of carbonyl (C=O) groups excluding carboxylic acids is 1. The molecular formula is C23H20Cl2N2O4. The topological polar surface area (TPSA) is 69.2 Å². The minimum absolute atomic E-state index is 0.227. The smallest absolute Gasteiger partial charge is 0.265 e. The van der Waals surface area contributed by atoms with Gasteiger partial charge in [0.2, 0.25) is 0 Å². The highest BCUT2D eigenvalue weighted by atomic mass is 35.5. The zero-order chi connectivity index (χ0) is 22.1. The van der Waals surface area contributed by atoms with Gasteiger partial charge in [-0.1, -0.05) is 64.8 Å². The first-order valence-corrected chi connectivity index (χ1v) is 10.1. The predicted octanol–water partition coefficient (Wildman–Crippen LogP) is 5.57. The van der Waals surface area contributed by atoms with Crippen LogP contribution in [-0.2, 0) is 16.2 Å². The molecule has 0 atom stereocenters. The van der Waals surface area contributed by atoms with Gasteiger partial charge >= 0.3 is 0 Å². The van der Waals surface area contributed by atoms with Gasteiger partial charge in [-0.25, -0.2) is 0 Å². The van der Waals surface area contributed by atoms with Gasteiger partial charge in [0.15, 0.2) is 18.1 Å². The SMILES string of the molecule is COc1cc(/C=N/OCC(=O)Nc2ccccc2)cc(Cl)c1OCc1ccccc1Cl. The Balaban J connectivity index is 1.58. The molecule has 0 spiro atoms. The second-order valence-electron chi connectivity index (χ2n) is 6.34. The predicted molar refractivity (Wildman–Crippen MR) is 122 cm³/mol. The van der Waals surface area contributed by atoms with Crippen molar-refractivity contribution >= 4 is 41.0 Å². The van der Waals surface area contributed by atoms with Crippen LogP contribution in [0.4, 0.5) is 5.69 Å². The zero-order valence-corrected chi connectivity index (χ0v) is 18.2. The first-order valence-electron chi connectivity index (χ1n) is 9.31. The molecule has 0 aliphatic rings. The molecule has 3 aromatic carbocycles. The number of rotatable bonds is 9. The minimum Gasteiger partial charge on any atom is -0.493 e. The summed E-state index contributed by atoms with van der Waals surface area (Å²) >= 11 is 12.5. The number of anilines is 1. The number of ether oxygens (including phenoxy) is 2. The van der Waals surface area contributed by atoms with Crippen LogP contribution in [-0.4, -0.2) is 25.8 Å². The molecule has 0 aliphatic carbocycles. The fourth-order valence-electron chi connectivity index (χ4n) is 2.63. The van der Waals surface area contributed by atoms with Crippen LogP contribution in [0.15, 0.2) is 71.9 Å². The van der Waals surface area contributed by atoms with E-state index in [-0.39, 0.29) is 19.1 Å². The number of nitrogens with zero attached hydrogens (tertiary/aromatic N) is 1. The lowest BCUT2D eigenvalue weighted by Gasteiger charge is -2.14. The molecule has 0 bridgehead atoms. The molecule has 3 aromatic rings. The summed E-state index contributed by atoms with van der Waals surface area (Å²) in [7, 11) is 1.51. The summed E-state index contributed by atoms with van der Waals surface area (Å²) in [4.78, 5) is 16.9. The van der Waals surface area contributed by atoms with Crippen molar-refractivity contribution in [2.45, 2.75) is 6.61 Å². The Bertz CT molecular complexity index is 1060. The van der Waals surface area contributed by atoms with Gasteiger partial charge in [-0.3, -0.25) is 4.79 Å². The number of hydrogen-bond donors (Lipinski definition) is 1. The summed E-state index contributed by atoms with van der Waals surface area (Å²) in [5, 5.41) is 7.47. The molecule has 0 saturated heterocycles. The molecular weight excluding hydrogens is 439 g/mol. The van der Waals surface area contributed by atoms with Gasteiger partial charge < -0.3 is 19.6 Å². The summed E-state index contributed by atoms with van der Waals surface area (Å²) in [6.45, 7) is 0.0120.